The molecule has 0 bridgehead atoms. The molecule has 0 saturated heterocycles. The van der Waals surface area contributed by atoms with E-state index in [1.807, 2.05) is 0 Å². The Morgan fingerprint density at radius 1 is 1.18 bits per heavy atom. The van der Waals surface area contributed by atoms with Crippen molar-refractivity contribution in [2.24, 2.45) is 5.41 Å². The molecule has 0 heterocycles. The Bertz CT molecular complexity index is 135. The average molecular weight is 231 g/mol. The third-order valence-electron chi connectivity index (χ3n) is 2.42. The van der Waals surface area contributed by atoms with Gasteiger partial charge in [0.1, 0.15) is 0 Å². The zero-order valence-corrected chi connectivity index (χ0v) is 7.63. The Morgan fingerprint density at radius 3 is 1.82 bits per heavy atom. The third kappa shape index (κ3) is 1.55. The van der Waals surface area contributed by atoms with Crippen molar-refractivity contribution in [3.63, 3.8) is 0 Å². The predicted octanol–water partition coefficient (Wildman–Crippen LogP) is 3.50. The van der Waals surface area contributed by atoms with Crippen LogP contribution in [0.2, 0.25) is 0 Å². The molecule has 1 saturated carbocycles. The summed E-state index contributed by atoms with van der Waals surface area (Å²) in [4.78, 5) is 0. The molecule has 0 N–H and O–H groups in total. The molecular formula is C7H10BrF3. The van der Waals surface area contributed by atoms with Crippen molar-refractivity contribution >= 4 is 15.9 Å². The highest BCUT2D eigenvalue weighted by Gasteiger charge is 2.54. The second kappa shape index (κ2) is 2.96. The van der Waals surface area contributed by atoms with E-state index in [4.69, 9.17) is 0 Å². The first kappa shape index (κ1) is 9.36. The number of hydrogen-bond donors (Lipinski definition) is 0. The molecule has 0 amide bonds. The summed E-state index contributed by atoms with van der Waals surface area (Å²) in [6, 6.07) is 0. The highest BCUT2D eigenvalue weighted by Crippen LogP contribution is 2.51. The summed E-state index contributed by atoms with van der Waals surface area (Å²) in [5.41, 5.74) is -1.41. The number of hydrogen-bond acceptors (Lipinski definition) is 0. The van der Waals surface area contributed by atoms with Crippen LogP contribution in [0.25, 0.3) is 0 Å². The van der Waals surface area contributed by atoms with Gasteiger partial charge in [0.2, 0.25) is 0 Å². The monoisotopic (exact) mass is 230 g/mol. The van der Waals surface area contributed by atoms with Gasteiger partial charge in [-0.05, 0) is 12.8 Å². The Kier molecular flexibility index (Phi) is 2.52. The van der Waals surface area contributed by atoms with Gasteiger partial charge in [0.05, 0.1) is 5.41 Å². The van der Waals surface area contributed by atoms with E-state index in [1.165, 1.54) is 0 Å². The van der Waals surface area contributed by atoms with Gasteiger partial charge >= 0.3 is 6.18 Å². The lowest BCUT2D eigenvalue weighted by molar-refractivity contribution is -0.212. The first-order valence-electron chi connectivity index (χ1n) is 3.64. The lowest BCUT2D eigenvalue weighted by atomic mass is 9.88. The molecular weight excluding hydrogens is 221 g/mol. The normalized spacial score (nSPS) is 24.0. The van der Waals surface area contributed by atoms with Crippen LogP contribution in [-0.4, -0.2) is 11.5 Å². The molecule has 11 heavy (non-hydrogen) atoms. The van der Waals surface area contributed by atoms with Crippen molar-refractivity contribution in [1.29, 1.82) is 0 Å². The van der Waals surface area contributed by atoms with Gasteiger partial charge in [-0.1, -0.05) is 28.8 Å². The van der Waals surface area contributed by atoms with Crippen LogP contribution in [0.4, 0.5) is 13.2 Å². The van der Waals surface area contributed by atoms with E-state index in [0.29, 0.717) is 25.7 Å². The second-order valence-corrected chi connectivity index (χ2v) is 3.68. The number of halogens is 4. The highest BCUT2D eigenvalue weighted by molar-refractivity contribution is 9.09. The van der Waals surface area contributed by atoms with Gasteiger partial charge in [-0.3, -0.25) is 0 Å². The molecule has 0 aromatic rings. The molecule has 0 radical (unpaired) electrons. The summed E-state index contributed by atoms with van der Waals surface area (Å²) in [5.74, 6) is 0. The van der Waals surface area contributed by atoms with Crippen LogP contribution in [0.1, 0.15) is 25.7 Å². The maximum absolute atomic E-state index is 12.4. The minimum atomic E-state index is -4.02. The molecule has 1 aliphatic rings. The van der Waals surface area contributed by atoms with Crippen molar-refractivity contribution in [1.82, 2.24) is 0 Å². The zero-order chi connectivity index (χ0) is 8.54. The van der Waals surface area contributed by atoms with Crippen molar-refractivity contribution in [3.05, 3.63) is 0 Å². The number of rotatable bonds is 1. The van der Waals surface area contributed by atoms with E-state index in [-0.39, 0.29) is 5.33 Å². The van der Waals surface area contributed by atoms with E-state index >= 15 is 0 Å². The largest absolute Gasteiger partial charge is 0.395 e. The Labute approximate surface area is 72.3 Å². The van der Waals surface area contributed by atoms with Crippen molar-refractivity contribution in [3.8, 4) is 0 Å². The Balaban J connectivity index is 2.75. The van der Waals surface area contributed by atoms with Crippen LogP contribution in [0.3, 0.4) is 0 Å². The van der Waals surface area contributed by atoms with Crippen LogP contribution < -0.4 is 0 Å². The van der Waals surface area contributed by atoms with Crippen LogP contribution in [0.15, 0.2) is 0 Å². The minimum absolute atomic E-state index is 0.0590. The summed E-state index contributed by atoms with van der Waals surface area (Å²) >= 11 is 2.95. The van der Waals surface area contributed by atoms with Crippen LogP contribution in [-0.2, 0) is 0 Å². The first-order valence-corrected chi connectivity index (χ1v) is 4.77. The maximum atomic E-state index is 12.4. The van der Waals surface area contributed by atoms with Gasteiger partial charge in [0, 0.05) is 5.33 Å². The quantitative estimate of drug-likeness (QED) is 0.606. The van der Waals surface area contributed by atoms with Gasteiger partial charge in [0.15, 0.2) is 0 Å². The molecule has 1 aliphatic carbocycles. The van der Waals surface area contributed by atoms with Crippen LogP contribution in [0, 0.1) is 5.41 Å². The minimum Gasteiger partial charge on any atom is -0.170 e. The first-order chi connectivity index (χ1) is 5.02. The van der Waals surface area contributed by atoms with Crippen molar-refractivity contribution in [2.75, 3.05) is 5.33 Å². The molecule has 0 spiro atoms. The maximum Gasteiger partial charge on any atom is 0.395 e. The summed E-state index contributed by atoms with van der Waals surface area (Å²) in [6.45, 7) is 0. The van der Waals surface area contributed by atoms with Gasteiger partial charge in [-0.25, -0.2) is 0 Å². The second-order valence-electron chi connectivity index (χ2n) is 3.12. The fourth-order valence-electron chi connectivity index (χ4n) is 1.54. The van der Waals surface area contributed by atoms with E-state index < -0.39 is 11.6 Å². The van der Waals surface area contributed by atoms with Crippen molar-refractivity contribution in [2.45, 2.75) is 31.9 Å². The molecule has 0 unspecified atom stereocenters. The van der Waals surface area contributed by atoms with E-state index in [2.05, 4.69) is 15.9 Å². The highest BCUT2D eigenvalue weighted by atomic mass is 79.9. The Hall–Kier alpha value is 0.270. The van der Waals surface area contributed by atoms with Crippen molar-refractivity contribution < 1.29 is 13.2 Å². The molecule has 0 atom stereocenters. The standard InChI is InChI=1S/C7H10BrF3/c8-5-6(7(9,10)11)3-1-2-4-6/h1-5H2. The van der Waals surface area contributed by atoms with Crippen LogP contribution in [0.5, 0.6) is 0 Å². The summed E-state index contributed by atoms with van der Waals surface area (Å²) in [6.07, 6.45) is -2.01. The topological polar surface area (TPSA) is 0 Å². The summed E-state index contributed by atoms with van der Waals surface area (Å²) in [7, 11) is 0. The van der Waals surface area contributed by atoms with Gasteiger partial charge in [0.25, 0.3) is 0 Å². The molecule has 0 aromatic heterocycles. The predicted molar refractivity (Wildman–Crippen MR) is 40.8 cm³/mol. The molecule has 0 aromatic carbocycles. The molecule has 4 heteroatoms. The van der Waals surface area contributed by atoms with E-state index in [0.717, 1.165) is 0 Å². The van der Waals surface area contributed by atoms with E-state index in [1.54, 1.807) is 0 Å². The van der Waals surface area contributed by atoms with Gasteiger partial charge < -0.3 is 0 Å². The fraction of sp³-hybridized carbons (Fsp3) is 1.00. The summed E-state index contributed by atoms with van der Waals surface area (Å²) in [5, 5.41) is 0.0590. The smallest absolute Gasteiger partial charge is 0.170 e. The molecule has 0 nitrogen and oxygen atoms in total. The average Bonchev–Trinajstić information content (AvgIpc) is 2.33. The van der Waals surface area contributed by atoms with Crippen LogP contribution >= 0.6 is 15.9 Å². The molecule has 1 fully saturated rings. The molecule has 0 aliphatic heterocycles. The van der Waals surface area contributed by atoms with Gasteiger partial charge in [-0.15, -0.1) is 0 Å². The SMILES string of the molecule is FC(F)(F)C1(CBr)CCCC1. The number of alkyl halides is 4. The Morgan fingerprint density at radius 2 is 1.64 bits per heavy atom. The third-order valence-corrected chi connectivity index (χ3v) is 3.49. The summed E-state index contributed by atoms with van der Waals surface area (Å²) < 4.78 is 37.2. The zero-order valence-electron chi connectivity index (χ0n) is 6.05. The fourth-order valence-corrected chi connectivity index (χ4v) is 2.42. The van der Waals surface area contributed by atoms with Gasteiger partial charge in [-0.2, -0.15) is 13.2 Å². The molecule has 66 valence electrons. The van der Waals surface area contributed by atoms with E-state index in [9.17, 15) is 13.2 Å². The lowest BCUT2D eigenvalue weighted by Gasteiger charge is -2.29. The molecule has 1 rings (SSSR count). The lowest BCUT2D eigenvalue weighted by Crippen LogP contribution is -2.36.